The zero-order chi connectivity index (χ0) is 21.4. The maximum Gasteiger partial charge on any atom is 0.413 e. The molecule has 29 heavy (non-hydrogen) atoms. The third kappa shape index (κ3) is 6.80. The number of hydrogen-bond donors (Lipinski definition) is 1. The maximum absolute atomic E-state index is 12.1. The lowest BCUT2D eigenvalue weighted by Gasteiger charge is -2.17. The van der Waals surface area contributed by atoms with Gasteiger partial charge in [0.2, 0.25) is 0 Å². The number of carbonyl (C=O) groups excluding carboxylic acids is 2. The van der Waals surface area contributed by atoms with Gasteiger partial charge < -0.3 is 19.5 Å². The number of methoxy groups -OCH3 is 1. The summed E-state index contributed by atoms with van der Waals surface area (Å²) in [6.45, 7) is 3.84. The second-order valence-electron chi connectivity index (χ2n) is 6.38. The van der Waals surface area contributed by atoms with E-state index in [1.165, 1.54) is 31.4 Å². The number of benzene rings is 2. The van der Waals surface area contributed by atoms with Gasteiger partial charge in [0, 0.05) is 18.6 Å². The first kappa shape index (κ1) is 21.7. The van der Waals surface area contributed by atoms with Crippen molar-refractivity contribution < 1.29 is 28.7 Å². The standard InChI is InChI=1S/C20H22N2O7/c1-13(2)28-16-8-4-14(5-9-16)12-18(19(23)27-3)21-20(24)29-17-10-6-15(7-11-17)22(25)26/h4-11,13,18H,12H2,1-3H3,(H,21,24)/t18-/m0/s1. The monoisotopic (exact) mass is 402 g/mol. The van der Waals surface area contributed by atoms with Crippen LogP contribution in [0.25, 0.3) is 0 Å². The second kappa shape index (κ2) is 10.1. The van der Waals surface area contributed by atoms with Gasteiger partial charge in [-0.1, -0.05) is 12.1 Å². The summed E-state index contributed by atoms with van der Waals surface area (Å²) in [5.74, 6) is 0.170. The molecule has 2 rings (SSSR count). The molecule has 0 radical (unpaired) electrons. The highest BCUT2D eigenvalue weighted by molar-refractivity contribution is 5.82. The van der Waals surface area contributed by atoms with Crippen molar-refractivity contribution in [2.24, 2.45) is 0 Å². The second-order valence-corrected chi connectivity index (χ2v) is 6.38. The Balaban J connectivity index is 2.01. The Morgan fingerprint density at radius 2 is 1.62 bits per heavy atom. The number of amides is 1. The third-order valence-corrected chi connectivity index (χ3v) is 3.77. The highest BCUT2D eigenvalue weighted by atomic mass is 16.6. The number of nitro benzene ring substituents is 1. The molecule has 0 unspecified atom stereocenters. The number of esters is 1. The smallest absolute Gasteiger partial charge is 0.413 e. The largest absolute Gasteiger partial charge is 0.491 e. The fourth-order valence-corrected chi connectivity index (χ4v) is 2.46. The van der Waals surface area contributed by atoms with Gasteiger partial charge >= 0.3 is 12.1 Å². The van der Waals surface area contributed by atoms with Crippen LogP contribution in [0.4, 0.5) is 10.5 Å². The lowest BCUT2D eigenvalue weighted by atomic mass is 10.1. The van der Waals surface area contributed by atoms with E-state index in [2.05, 4.69) is 5.32 Å². The van der Waals surface area contributed by atoms with Crippen molar-refractivity contribution in [1.29, 1.82) is 0 Å². The van der Waals surface area contributed by atoms with Crippen molar-refractivity contribution in [3.8, 4) is 11.5 Å². The van der Waals surface area contributed by atoms with E-state index < -0.39 is 23.0 Å². The summed E-state index contributed by atoms with van der Waals surface area (Å²) in [5.41, 5.74) is 0.655. The molecule has 1 N–H and O–H groups in total. The summed E-state index contributed by atoms with van der Waals surface area (Å²) >= 11 is 0. The Bertz CT molecular complexity index is 848. The van der Waals surface area contributed by atoms with E-state index in [0.29, 0.717) is 5.75 Å². The number of non-ortho nitro benzene ring substituents is 1. The lowest BCUT2D eigenvalue weighted by Crippen LogP contribution is -2.44. The Morgan fingerprint density at radius 3 is 2.14 bits per heavy atom. The number of nitro groups is 1. The molecule has 0 spiro atoms. The molecule has 0 fully saturated rings. The highest BCUT2D eigenvalue weighted by Gasteiger charge is 2.23. The minimum atomic E-state index is -0.970. The summed E-state index contributed by atoms with van der Waals surface area (Å²) in [6.07, 6.45) is -0.655. The first-order valence-electron chi connectivity index (χ1n) is 8.84. The predicted molar refractivity (Wildman–Crippen MR) is 104 cm³/mol. The molecule has 9 heteroatoms. The summed E-state index contributed by atoms with van der Waals surface area (Å²) in [6, 6.07) is 11.2. The van der Waals surface area contributed by atoms with Gasteiger partial charge in [-0.3, -0.25) is 10.1 Å². The molecule has 154 valence electrons. The average molecular weight is 402 g/mol. The molecule has 0 saturated heterocycles. The van der Waals surface area contributed by atoms with Gasteiger partial charge in [-0.05, 0) is 43.7 Å². The van der Waals surface area contributed by atoms with Gasteiger partial charge in [0.25, 0.3) is 5.69 Å². The fourth-order valence-electron chi connectivity index (χ4n) is 2.46. The molecule has 1 amide bonds. The van der Waals surface area contributed by atoms with E-state index in [4.69, 9.17) is 14.2 Å². The van der Waals surface area contributed by atoms with Gasteiger partial charge in [0.05, 0.1) is 18.1 Å². The minimum Gasteiger partial charge on any atom is -0.491 e. The summed E-state index contributed by atoms with van der Waals surface area (Å²) in [4.78, 5) is 34.3. The normalized spacial score (nSPS) is 11.4. The molecular formula is C20H22N2O7. The van der Waals surface area contributed by atoms with Crippen molar-refractivity contribution >= 4 is 17.7 Å². The van der Waals surface area contributed by atoms with Crippen LogP contribution < -0.4 is 14.8 Å². The summed E-state index contributed by atoms with van der Waals surface area (Å²) in [7, 11) is 1.22. The molecule has 0 aliphatic rings. The van der Waals surface area contributed by atoms with Gasteiger partial charge in [-0.25, -0.2) is 9.59 Å². The van der Waals surface area contributed by atoms with Crippen molar-refractivity contribution in [1.82, 2.24) is 5.32 Å². The SMILES string of the molecule is COC(=O)[C@H](Cc1ccc(OC(C)C)cc1)NC(=O)Oc1ccc([N+](=O)[O-])cc1. The van der Waals surface area contributed by atoms with E-state index in [9.17, 15) is 19.7 Å². The van der Waals surface area contributed by atoms with E-state index in [-0.39, 0.29) is 24.0 Å². The molecule has 0 aliphatic carbocycles. The molecule has 2 aromatic carbocycles. The lowest BCUT2D eigenvalue weighted by molar-refractivity contribution is -0.384. The zero-order valence-corrected chi connectivity index (χ0v) is 16.3. The number of carbonyl (C=O) groups is 2. The van der Waals surface area contributed by atoms with Crippen molar-refractivity contribution in [3.63, 3.8) is 0 Å². The van der Waals surface area contributed by atoms with Crippen LogP contribution in [0, 0.1) is 10.1 Å². The van der Waals surface area contributed by atoms with Crippen molar-refractivity contribution in [2.45, 2.75) is 32.4 Å². The number of rotatable bonds is 8. The van der Waals surface area contributed by atoms with Crippen LogP contribution >= 0.6 is 0 Å². The van der Waals surface area contributed by atoms with Crippen LogP contribution in [0.1, 0.15) is 19.4 Å². The van der Waals surface area contributed by atoms with E-state index in [1.54, 1.807) is 24.3 Å². The van der Waals surface area contributed by atoms with Gasteiger partial charge in [-0.15, -0.1) is 0 Å². The predicted octanol–water partition coefficient (Wildman–Crippen LogP) is 3.25. The quantitative estimate of drug-likeness (QED) is 0.409. The van der Waals surface area contributed by atoms with Gasteiger partial charge in [-0.2, -0.15) is 0 Å². The first-order valence-corrected chi connectivity index (χ1v) is 8.84. The summed E-state index contributed by atoms with van der Waals surface area (Å²) in [5, 5.41) is 13.1. The van der Waals surface area contributed by atoms with Crippen LogP contribution in [0.5, 0.6) is 11.5 Å². The molecule has 0 aliphatic heterocycles. The third-order valence-electron chi connectivity index (χ3n) is 3.77. The maximum atomic E-state index is 12.1. The van der Waals surface area contributed by atoms with E-state index in [0.717, 1.165) is 5.56 Å². The van der Waals surface area contributed by atoms with Crippen LogP contribution in [0.3, 0.4) is 0 Å². The first-order chi connectivity index (χ1) is 13.8. The number of hydrogen-bond acceptors (Lipinski definition) is 7. The average Bonchev–Trinajstić information content (AvgIpc) is 2.68. The molecule has 0 saturated carbocycles. The summed E-state index contributed by atoms with van der Waals surface area (Å²) < 4.78 is 15.4. The van der Waals surface area contributed by atoms with E-state index >= 15 is 0 Å². The topological polar surface area (TPSA) is 117 Å². The van der Waals surface area contributed by atoms with Gasteiger partial charge in [0.1, 0.15) is 17.5 Å². The Kier molecular flexibility index (Phi) is 7.53. The van der Waals surface area contributed by atoms with E-state index in [1.807, 2.05) is 13.8 Å². The van der Waals surface area contributed by atoms with Crippen molar-refractivity contribution in [2.75, 3.05) is 7.11 Å². The molecule has 2 aromatic rings. The molecule has 9 nitrogen and oxygen atoms in total. The number of nitrogens with one attached hydrogen (secondary N) is 1. The Labute approximate surface area is 167 Å². The van der Waals surface area contributed by atoms with Gasteiger partial charge in [0.15, 0.2) is 0 Å². The Hall–Kier alpha value is -3.62. The highest BCUT2D eigenvalue weighted by Crippen LogP contribution is 2.18. The molecule has 0 aromatic heterocycles. The Morgan fingerprint density at radius 1 is 1.03 bits per heavy atom. The fraction of sp³-hybridized carbons (Fsp3) is 0.300. The molecule has 1 atom stereocenters. The van der Waals surface area contributed by atoms with Crippen molar-refractivity contribution in [3.05, 3.63) is 64.2 Å². The molecule has 0 bridgehead atoms. The van der Waals surface area contributed by atoms with Crippen LogP contribution in [-0.2, 0) is 16.0 Å². The number of ether oxygens (including phenoxy) is 3. The minimum absolute atomic E-state index is 0.0412. The zero-order valence-electron chi connectivity index (χ0n) is 16.3. The molecule has 0 heterocycles. The van der Waals surface area contributed by atoms with Crippen LogP contribution in [0.15, 0.2) is 48.5 Å². The van der Waals surface area contributed by atoms with Crippen LogP contribution in [0.2, 0.25) is 0 Å². The number of nitrogens with zero attached hydrogens (tertiary/aromatic N) is 1. The van der Waals surface area contributed by atoms with Crippen LogP contribution in [-0.4, -0.2) is 36.2 Å². The molecular weight excluding hydrogens is 380 g/mol.